The Hall–Kier alpha value is -3.35. The molecular weight excluding hydrogens is 383 g/mol. The minimum Gasteiger partial charge on any atom is -0.372 e. The van der Waals surface area contributed by atoms with Gasteiger partial charge in [-0.2, -0.15) is 23.4 Å². The summed E-state index contributed by atoms with van der Waals surface area (Å²) in [5.41, 5.74) is 0.514. The maximum atomic E-state index is 13.4. The lowest BCUT2D eigenvalue weighted by molar-refractivity contribution is -0.137. The van der Waals surface area contributed by atoms with Crippen LogP contribution in [-0.4, -0.2) is 28.8 Å². The average molecular weight is 403 g/mol. The lowest BCUT2D eigenvalue weighted by Crippen LogP contribution is -2.20. The monoisotopic (exact) mass is 403 g/mol. The van der Waals surface area contributed by atoms with E-state index < -0.39 is 11.7 Å². The zero-order valence-electron chi connectivity index (χ0n) is 15.5. The lowest BCUT2D eigenvalue weighted by Gasteiger charge is -2.19. The first kappa shape index (κ1) is 20.4. The topological polar surface area (TPSA) is 110 Å². The van der Waals surface area contributed by atoms with Crippen LogP contribution in [0.4, 0.5) is 36.3 Å². The number of anilines is 4. The fraction of sp³-hybridized carbons (Fsp3) is 0.368. The fourth-order valence-electron chi connectivity index (χ4n) is 3.26. The first-order valence-electron chi connectivity index (χ1n) is 9.14. The van der Waals surface area contributed by atoms with Crippen LogP contribution in [0.2, 0.25) is 0 Å². The summed E-state index contributed by atoms with van der Waals surface area (Å²) in [5, 5.41) is 25.0. The van der Waals surface area contributed by atoms with Crippen molar-refractivity contribution in [2.75, 3.05) is 22.5 Å². The van der Waals surface area contributed by atoms with Crippen LogP contribution < -0.4 is 16.0 Å². The highest BCUT2D eigenvalue weighted by atomic mass is 19.4. The molecule has 3 rings (SSSR count). The molecule has 10 heteroatoms. The molecule has 1 aliphatic carbocycles. The Balaban J connectivity index is 1.91. The van der Waals surface area contributed by atoms with Crippen LogP contribution in [0.3, 0.4) is 0 Å². The molecule has 0 saturated heterocycles. The molecule has 1 heterocycles. The first-order chi connectivity index (χ1) is 13.9. The van der Waals surface area contributed by atoms with Gasteiger partial charge in [0.15, 0.2) is 0 Å². The molecule has 0 bridgehead atoms. The molecule has 0 spiro atoms. The highest BCUT2D eigenvalue weighted by Gasteiger charge is 2.36. The fourth-order valence-corrected chi connectivity index (χ4v) is 3.26. The molecule has 7 nitrogen and oxygen atoms in total. The van der Waals surface area contributed by atoms with Crippen LogP contribution in [-0.2, 0) is 6.18 Å². The number of benzene rings is 1. The average Bonchev–Trinajstić information content (AvgIpc) is 3.18. The number of aromatic nitrogens is 2. The van der Waals surface area contributed by atoms with Gasteiger partial charge < -0.3 is 21.4 Å². The number of nitrogens with zero attached hydrogens (tertiary/aromatic N) is 3. The third kappa shape index (κ3) is 4.93. The smallest absolute Gasteiger partial charge is 0.372 e. The van der Waals surface area contributed by atoms with E-state index in [0.717, 1.165) is 38.1 Å². The van der Waals surface area contributed by atoms with E-state index in [2.05, 4.69) is 25.9 Å². The third-order valence-corrected chi connectivity index (χ3v) is 4.65. The Labute approximate surface area is 165 Å². The molecule has 2 aromatic rings. The zero-order valence-corrected chi connectivity index (χ0v) is 15.5. The lowest BCUT2D eigenvalue weighted by atomic mass is 10.1. The minimum absolute atomic E-state index is 0.0148. The molecule has 29 heavy (non-hydrogen) atoms. The predicted molar refractivity (Wildman–Crippen MR) is 105 cm³/mol. The summed E-state index contributed by atoms with van der Waals surface area (Å²) in [4.78, 5) is 7.88. The van der Waals surface area contributed by atoms with Gasteiger partial charge >= 0.3 is 6.18 Å². The summed E-state index contributed by atoms with van der Waals surface area (Å²) in [6.07, 6.45) is 0.822. The van der Waals surface area contributed by atoms with E-state index in [9.17, 15) is 13.2 Å². The number of hydrogen-bond donors (Lipinski definition) is 4. The summed E-state index contributed by atoms with van der Waals surface area (Å²) < 4.78 is 40.1. The molecule has 0 atom stereocenters. The number of alkyl halides is 3. The molecule has 1 fully saturated rings. The van der Waals surface area contributed by atoms with Gasteiger partial charge in [0.1, 0.15) is 17.9 Å². The van der Waals surface area contributed by atoms with Gasteiger partial charge in [-0.15, -0.1) is 0 Å². The zero-order chi connectivity index (χ0) is 20.9. The summed E-state index contributed by atoms with van der Waals surface area (Å²) >= 11 is 0. The van der Waals surface area contributed by atoms with E-state index >= 15 is 0 Å². The summed E-state index contributed by atoms with van der Waals surface area (Å²) in [6.45, 7) is 0.0521. The number of hydrogen-bond acceptors (Lipinski definition) is 7. The highest BCUT2D eigenvalue weighted by molar-refractivity contribution is 5.94. The molecule has 4 N–H and O–H groups in total. The molecule has 1 aromatic carbocycles. The molecule has 1 saturated carbocycles. The molecule has 152 valence electrons. The van der Waals surface area contributed by atoms with Crippen LogP contribution in [0.25, 0.3) is 0 Å². The molecule has 0 aliphatic heterocycles. The van der Waals surface area contributed by atoms with Gasteiger partial charge in [0.05, 0.1) is 11.8 Å². The summed E-state index contributed by atoms with van der Waals surface area (Å²) in [5.74, 6) is -0.268. The van der Waals surface area contributed by atoms with Crippen molar-refractivity contribution in [1.29, 1.82) is 10.7 Å². The van der Waals surface area contributed by atoms with Gasteiger partial charge in [-0.25, -0.2) is 4.98 Å². The van der Waals surface area contributed by atoms with Gasteiger partial charge in [-0.1, -0.05) is 18.9 Å². The van der Waals surface area contributed by atoms with Crippen molar-refractivity contribution in [2.45, 2.75) is 37.9 Å². The van der Waals surface area contributed by atoms with Gasteiger partial charge in [-0.3, -0.25) is 0 Å². The molecule has 1 aromatic heterocycles. The highest BCUT2D eigenvalue weighted by Crippen LogP contribution is 2.36. The largest absolute Gasteiger partial charge is 0.421 e. The first-order valence-corrected chi connectivity index (χ1v) is 9.14. The maximum Gasteiger partial charge on any atom is 0.421 e. The number of nitriles is 1. The minimum atomic E-state index is -4.57. The van der Waals surface area contributed by atoms with Crippen molar-refractivity contribution in [3.05, 3.63) is 35.5 Å². The van der Waals surface area contributed by atoms with E-state index in [0.29, 0.717) is 16.9 Å². The van der Waals surface area contributed by atoms with Crippen molar-refractivity contribution in [1.82, 2.24) is 9.97 Å². The van der Waals surface area contributed by atoms with Gasteiger partial charge in [0.25, 0.3) is 0 Å². The summed E-state index contributed by atoms with van der Waals surface area (Å²) in [6, 6.07) is 6.95. The number of nitrogens with one attached hydrogen (secondary N) is 4. The number of rotatable bonds is 7. The van der Waals surface area contributed by atoms with Crippen LogP contribution in [0, 0.1) is 16.7 Å². The Kier molecular flexibility index (Phi) is 6.16. The Morgan fingerprint density at radius 2 is 1.97 bits per heavy atom. The van der Waals surface area contributed by atoms with E-state index in [-0.39, 0.29) is 24.4 Å². The predicted octanol–water partition coefficient (Wildman–Crippen LogP) is 4.53. The Morgan fingerprint density at radius 3 is 2.62 bits per heavy atom. The Bertz CT molecular complexity index is 915. The van der Waals surface area contributed by atoms with Crippen LogP contribution >= 0.6 is 0 Å². The molecule has 0 amide bonds. The normalized spacial score (nSPS) is 14.3. The third-order valence-electron chi connectivity index (χ3n) is 4.65. The van der Waals surface area contributed by atoms with E-state index in [1.807, 2.05) is 6.07 Å². The second-order valence-electron chi connectivity index (χ2n) is 6.63. The van der Waals surface area contributed by atoms with Crippen LogP contribution in [0.5, 0.6) is 0 Å². The van der Waals surface area contributed by atoms with Gasteiger partial charge in [-0.05, 0) is 25.0 Å². The SMILES string of the molecule is N#CCNc1cccc(Nc2ncc(C(F)(F)F)c(NC3CCCC3)n2)c1C=N. The van der Waals surface area contributed by atoms with Gasteiger partial charge in [0, 0.05) is 29.7 Å². The van der Waals surface area contributed by atoms with Gasteiger partial charge in [0.2, 0.25) is 5.95 Å². The van der Waals surface area contributed by atoms with Crippen molar-refractivity contribution >= 4 is 29.4 Å². The van der Waals surface area contributed by atoms with Crippen molar-refractivity contribution in [2.24, 2.45) is 0 Å². The van der Waals surface area contributed by atoms with E-state index in [1.54, 1.807) is 18.2 Å². The maximum absolute atomic E-state index is 13.4. The molecular formula is C19H20F3N7. The second kappa shape index (κ2) is 8.77. The number of halogens is 3. The van der Waals surface area contributed by atoms with Crippen molar-refractivity contribution in [3.63, 3.8) is 0 Å². The summed E-state index contributed by atoms with van der Waals surface area (Å²) in [7, 11) is 0. The molecule has 0 unspecified atom stereocenters. The standard InChI is InChI=1S/C19H20F3N7/c20-19(21,22)14-11-26-18(29-17(14)27-12-4-1-2-5-12)28-16-7-3-6-15(13(16)10-24)25-9-8-23/h3,6-7,10-12,24-25H,1-2,4-5,9H2,(H2,26,27,28,29). The Morgan fingerprint density at radius 1 is 1.24 bits per heavy atom. The molecule has 1 aliphatic rings. The van der Waals surface area contributed by atoms with E-state index in [4.69, 9.17) is 10.7 Å². The van der Waals surface area contributed by atoms with Crippen LogP contribution in [0.15, 0.2) is 24.4 Å². The van der Waals surface area contributed by atoms with Crippen molar-refractivity contribution in [3.8, 4) is 6.07 Å². The quantitative estimate of drug-likeness (QED) is 0.400. The van der Waals surface area contributed by atoms with Crippen LogP contribution in [0.1, 0.15) is 36.8 Å². The van der Waals surface area contributed by atoms with Crippen molar-refractivity contribution < 1.29 is 13.2 Å². The second-order valence-corrected chi connectivity index (χ2v) is 6.63. The van der Waals surface area contributed by atoms with E-state index in [1.165, 1.54) is 0 Å². The molecule has 0 radical (unpaired) electrons.